The number of carbonyl (C=O) groups is 5. The molecule has 2 aliphatic heterocycles. The minimum Gasteiger partial charge on any atom is -0.494 e. The lowest BCUT2D eigenvalue weighted by Crippen LogP contribution is -2.61. The van der Waals surface area contributed by atoms with E-state index in [1.54, 1.807) is 14.7 Å². The molecule has 0 unspecified atom stereocenters. The number of nitrogens with zero attached hydrogens (tertiary/aromatic N) is 6. The molecule has 1 N–H and O–H groups in total. The number of likely N-dealkylation sites (tertiary alicyclic amines) is 1. The highest BCUT2D eigenvalue weighted by Gasteiger charge is 2.40. The second-order valence-corrected chi connectivity index (χ2v) is 13.4. The Bertz CT molecular complexity index is 1800. The Kier molecular flexibility index (Phi) is 12.4. The van der Waals surface area contributed by atoms with E-state index in [0.717, 1.165) is 0 Å². The number of imidazole rings is 1. The zero-order chi connectivity index (χ0) is 37.6. The van der Waals surface area contributed by atoms with Crippen molar-refractivity contribution >= 4 is 47.4 Å². The van der Waals surface area contributed by atoms with Crippen LogP contribution in [0, 0.1) is 17.6 Å². The number of hydrogen-bond donors (Lipinski definition) is 1. The Hall–Kier alpha value is -5.09. The first-order chi connectivity index (χ1) is 24.1. The minimum atomic E-state index is -1.15. The van der Waals surface area contributed by atoms with Crippen LogP contribution < -0.4 is 10.1 Å². The predicted molar refractivity (Wildman–Crippen MR) is 183 cm³/mol. The minimum absolute atomic E-state index is 0.00865. The molecular formula is C34H41ClF2N7O7+. The maximum Gasteiger partial charge on any atom is 0.292 e. The topological polar surface area (TPSA) is 143 Å². The van der Waals surface area contributed by atoms with Gasteiger partial charge in [0.1, 0.15) is 0 Å². The number of amides is 4. The molecule has 0 bridgehead atoms. The second-order valence-electron chi connectivity index (χ2n) is 13.0. The molecule has 0 saturated carbocycles. The largest absolute Gasteiger partial charge is 0.494 e. The molecule has 0 radical (unpaired) electrons. The summed E-state index contributed by atoms with van der Waals surface area (Å²) < 4.78 is 39.5. The van der Waals surface area contributed by atoms with E-state index in [9.17, 15) is 28.0 Å². The van der Waals surface area contributed by atoms with Crippen molar-refractivity contribution in [2.45, 2.75) is 0 Å². The van der Waals surface area contributed by atoms with Crippen LogP contribution in [0.15, 0.2) is 36.5 Å². The number of quaternary nitrogens is 1. The number of carbonyl (C=O) groups excluding carboxylic acids is 5. The van der Waals surface area contributed by atoms with Gasteiger partial charge in [-0.05, 0) is 30.3 Å². The van der Waals surface area contributed by atoms with Gasteiger partial charge in [0.15, 0.2) is 23.9 Å². The number of likely N-dealkylation sites (N-methyl/N-ethyl adjacent to an activating group) is 1. The van der Waals surface area contributed by atoms with E-state index in [1.807, 2.05) is 21.1 Å². The fraction of sp³-hybridized carbons (Fsp3) is 0.412. The molecule has 3 aromatic rings. The van der Waals surface area contributed by atoms with Gasteiger partial charge in [-0.3, -0.25) is 24.0 Å². The van der Waals surface area contributed by atoms with Crippen molar-refractivity contribution < 1.29 is 46.7 Å². The zero-order valence-corrected chi connectivity index (χ0v) is 30.0. The number of benzene rings is 2. The molecule has 0 atom stereocenters. The van der Waals surface area contributed by atoms with Gasteiger partial charge in [-0.25, -0.2) is 9.37 Å². The molecule has 2 aromatic carbocycles. The number of ether oxygens (including phenoxy) is 2. The van der Waals surface area contributed by atoms with Gasteiger partial charge >= 0.3 is 0 Å². The summed E-state index contributed by atoms with van der Waals surface area (Å²) >= 11 is 6.47. The molecular weight excluding hydrogens is 692 g/mol. The third-order valence-electron chi connectivity index (χ3n) is 8.36. The van der Waals surface area contributed by atoms with Gasteiger partial charge in [0.2, 0.25) is 11.7 Å². The van der Waals surface area contributed by atoms with Crippen molar-refractivity contribution in [3.05, 3.63) is 64.6 Å². The molecule has 17 heteroatoms. The van der Waals surface area contributed by atoms with Crippen LogP contribution in [0.2, 0.25) is 5.02 Å². The lowest BCUT2D eigenvalue weighted by molar-refractivity contribution is -0.862. The highest BCUT2D eigenvalue weighted by Crippen LogP contribution is 2.30. The smallest absolute Gasteiger partial charge is 0.292 e. The third kappa shape index (κ3) is 8.99. The SMILES string of the molecule is COC=O.COc1ccc(-c2cnc(C(=O)Nc3ccc(C(=O)N4CCN(C(=O)C5CN(C(=O)C[N+](C)(C)C)C5)CC4)c(Cl)c3)n2C)c(F)c1F. The number of aromatic nitrogens is 2. The van der Waals surface area contributed by atoms with Crippen LogP contribution in [0.1, 0.15) is 21.0 Å². The quantitative estimate of drug-likeness (QED) is 0.261. The first-order valence-corrected chi connectivity index (χ1v) is 16.3. The zero-order valence-electron chi connectivity index (χ0n) is 29.2. The molecule has 2 fully saturated rings. The highest BCUT2D eigenvalue weighted by molar-refractivity contribution is 6.34. The van der Waals surface area contributed by atoms with Gasteiger partial charge in [0.05, 0.1) is 63.8 Å². The number of rotatable bonds is 9. The van der Waals surface area contributed by atoms with Gasteiger partial charge in [-0.1, -0.05) is 11.6 Å². The Morgan fingerprint density at radius 2 is 1.61 bits per heavy atom. The summed E-state index contributed by atoms with van der Waals surface area (Å²) in [5.41, 5.74) is 0.625. The molecule has 0 spiro atoms. The van der Waals surface area contributed by atoms with E-state index in [4.69, 9.17) is 21.1 Å². The maximum absolute atomic E-state index is 14.7. The molecule has 2 aliphatic rings. The van der Waals surface area contributed by atoms with E-state index in [2.05, 4.69) is 15.0 Å². The molecule has 14 nitrogen and oxygen atoms in total. The lowest BCUT2D eigenvalue weighted by Gasteiger charge is -2.43. The van der Waals surface area contributed by atoms with Crippen LogP contribution in [0.4, 0.5) is 14.5 Å². The van der Waals surface area contributed by atoms with Gasteiger partial charge in [-0.15, -0.1) is 0 Å². The van der Waals surface area contributed by atoms with E-state index < -0.39 is 17.5 Å². The second kappa shape index (κ2) is 16.3. The molecule has 0 aliphatic carbocycles. The fourth-order valence-electron chi connectivity index (χ4n) is 5.61. The van der Waals surface area contributed by atoms with E-state index >= 15 is 0 Å². The summed E-state index contributed by atoms with van der Waals surface area (Å²) in [5, 5.41) is 2.79. The first kappa shape index (κ1) is 38.7. The molecule has 4 amide bonds. The maximum atomic E-state index is 14.7. The van der Waals surface area contributed by atoms with E-state index in [1.165, 1.54) is 62.4 Å². The standard InChI is InChI=1S/C32H36ClF2N7O5.C2H4O2/c1-38-24(22-8-9-25(47-5)28(35)27(22)34)15-36-29(38)30(44)37-20-6-7-21(23(33)14-20)32(46)40-12-10-39(11-13-40)31(45)19-16-41(17-19)26(43)18-42(2,3)4;1-4-2-3/h6-9,14-15,19H,10-13,16-18H2,1-5H3;2H,1H3/p+1. The first-order valence-electron chi connectivity index (χ1n) is 15.9. The average Bonchev–Trinajstić information content (AvgIpc) is 3.45. The summed E-state index contributed by atoms with van der Waals surface area (Å²) in [7, 11) is 9.87. The van der Waals surface area contributed by atoms with Crippen molar-refractivity contribution in [1.82, 2.24) is 24.3 Å². The van der Waals surface area contributed by atoms with Crippen molar-refractivity contribution in [3.8, 4) is 17.0 Å². The Morgan fingerprint density at radius 1 is 0.980 bits per heavy atom. The number of halogens is 3. The van der Waals surface area contributed by atoms with Crippen LogP contribution in [-0.4, -0.2) is 140 Å². The fourth-order valence-corrected chi connectivity index (χ4v) is 5.88. The molecule has 51 heavy (non-hydrogen) atoms. The number of piperazine rings is 1. The summed E-state index contributed by atoms with van der Waals surface area (Å²) in [6.45, 7) is 2.98. The van der Waals surface area contributed by atoms with Crippen LogP contribution >= 0.6 is 11.6 Å². The van der Waals surface area contributed by atoms with Crippen LogP contribution in [0.3, 0.4) is 0 Å². The normalized spacial score (nSPS) is 14.6. The summed E-state index contributed by atoms with van der Waals surface area (Å²) in [6.07, 6.45) is 1.26. The number of methoxy groups -OCH3 is 2. The highest BCUT2D eigenvalue weighted by atomic mass is 35.5. The van der Waals surface area contributed by atoms with Crippen LogP contribution in [-0.2, 0) is 26.2 Å². The monoisotopic (exact) mass is 732 g/mol. The van der Waals surface area contributed by atoms with Gasteiger partial charge in [-0.2, -0.15) is 4.39 Å². The number of nitrogens with one attached hydrogen (secondary N) is 1. The van der Waals surface area contributed by atoms with Crippen LogP contribution in [0.25, 0.3) is 11.3 Å². The third-order valence-corrected chi connectivity index (χ3v) is 8.67. The Balaban J connectivity index is 0.00000138. The van der Waals surface area contributed by atoms with Crippen LogP contribution in [0.5, 0.6) is 5.75 Å². The van der Waals surface area contributed by atoms with Gasteiger partial charge in [0.25, 0.3) is 24.2 Å². The van der Waals surface area contributed by atoms with Crippen molar-refractivity contribution in [3.63, 3.8) is 0 Å². The van der Waals surface area contributed by atoms with E-state index in [-0.39, 0.29) is 57.1 Å². The molecule has 1 aromatic heterocycles. The van der Waals surface area contributed by atoms with Gasteiger partial charge < -0.3 is 38.5 Å². The molecule has 274 valence electrons. The van der Waals surface area contributed by atoms with Crippen molar-refractivity contribution in [1.29, 1.82) is 0 Å². The van der Waals surface area contributed by atoms with Gasteiger partial charge in [0, 0.05) is 57.6 Å². The Morgan fingerprint density at radius 3 is 2.18 bits per heavy atom. The average molecular weight is 733 g/mol. The molecule has 5 rings (SSSR count). The summed E-state index contributed by atoms with van der Waals surface area (Å²) in [6, 6.07) is 7.10. The number of hydrogen-bond acceptors (Lipinski definition) is 8. The number of anilines is 1. The van der Waals surface area contributed by atoms with E-state index in [0.29, 0.717) is 62.5 Å². The molecule has 2 saturated heterocycles. The Labute approximate surface area is 299 Å². The summed E-state index contributed by atoms with van der Waals surface area (Å²) in [4.78, 5) is 69.8. The predicted octanol–water partition coefficient (Wildman–Crippen LogP) is 2.52. The lowest BCUT2D eigenvalue weighted by atomic mass is 9.97. The summed E-state index contributed by atoms with van der Waals surface area (Å²) in [5.74, 6) is -3.73. The molecule has 3 heterocycles. The van der Waals surface area contributed by atoms with Crippen molar-refractivity contribution in [2.75, 3.05) is 86.5 Å². The van der Waals surface area contributed by atoms with Crippen molar-refractivity contribution in [2.24, 2.45) is 13.0 Å².